The van der Waals surface area contributed by atoms with Crippen LogP contribution in [0.4, 0.5) is 15.8 Å². The van der Waals surface area contributed by atoms with Crippen LogP contribution < -0.4 is 20.7 Å². The molecule has 0 saturated carbocycles. The number of nitrogens with one attached hydrogen (secondary N) is 3. The van der Waals surface area contributed by atoms with E-state index < -0.39 is 22.9 Å². The van der Waals surface area contributed by atoms with Gasteiger partial charge in [-0.15, -0.1) is 11.8 Å². The minimum absolute atomic E-state index is 0.0434. The van der Waals surface area contributed by atoms with Gasteiger partial charge in [0.2, 0.25) is 5.91 Å². The number of amides is 3. The molecule has 0 aromatic heterocycles. The van der Waals surface area contributed by atoms with E-state index >= 15 is 0 Å². The number of hydrogen-bond donors (Lipinski definition) is 3. The first kappa shape index (κ1) is 32.7. The van der Waals surface area contributed by atoms with E-state index in [1.807, 2.05) is 43.3 Å². The zero-order chi connectivity index (χ0) is 33.0. The van der Waals surface area contributed by atoms with E-state index in [-0.39, 0.29) is 11.6 Å². The van der Waals surface area contributed by atoms with E-state index in [2.05, 4.69) is 16.0 Å². The van der Waals surface area contributed by atoms with Crippen LogP contribution in [-0.2, 0) is 9.59 Å². The Morgan fingerprint density at radius 2 is 1.45 bits per heavy atom. The van der Waals surface area contributed by atoms with Crippen LogP contribution in [-0.4, -0.2) is 24.3 Å². The summed E-state index contributed by atoms with van der Waals surface area (Å²) in [6, 6.07) is 37.8. The second kappa shape index (κ2) is 16.1. The zero-order valence-corrected chi connectivity index (χ0v) is 26.3. The minimum Gasteiger partial charge on any atom is -0.494 e. The normalized spacial score (nSPS) is 11.7. The summed E-state index contributed by atoms with van der Waals surface area (Å²) in [5, 5.41) is 7.85. The summed E-state index contributed by atoms with van der Waals surface area (Å²) in [4.78, 5) is 40.9. The molecule has 0 aliphatic heterocycles. The summed E-state index contributed by atoms with van der Waals surface area (Å²) in [6.45, 7) is 2.42. The van der Waals surface area contributed by atoms with Crippen LogP contribution in [0.15, 0.2) is 144 Å². The van der Waals surface area contributed by atoms with Crippen molar-refractivity contribution < 1.29 is 23.5 Å². The van der Waals surface area contributed by atoms with Crippen LogP contribution in [0, 0.1) is 5.82 Å². The Bertz CT molecular complexity index is 1850. The second-order valence-electron chi connectivity index (χ2n) is 10.3. The number of rotatable bonds is 12. The molecule has 0 fully saturated rings. The van der Waals surface area contributed by atoms with Crippen molar-refractivity contribution >= 4 is 46.9 Å². The van der Waals surface area contributed by atoms with Gasteiger partial charge < -0.3 is 20.7 Å². The van der Waals surface area contributed by atoms with Gasteiger partial charge >= 0.3 is 0 Å². The van der Waals surface area contributed by atoms with Crippen molar-refractivity contribution in [2.45, 2.75) is 17.1 Å². The fourth-order valence-corrected chi connectivity index (χ4v) is 5.64. The molecule has 0 bridgehead atoms. The molecule has 0 saturated heterocycles. The quantitative estimate of drug-likeness (QED) is 0.0941. The van der Waals surface area contributed by atoms with Crippen molar-refractivity contribution in [2.24, 2.45) is 0 Å². The van der Waals surface area contributed by atoms with E-state index in [0.29, 0.717) is 34.9 Å². The fraction of sp³-hybridized carbons (Fsp3) is 0.0789. The Morgan fingerprint density at radius 3 is 2.13 bits per heavy atom. The number of anilines is 2. The van der Waals surface area contributed by atoms with Crippen LogP contribution in [0.5, 0.6) is 5.75 Å². The molecule has 0 aliphatic carbocycles. The predicted octanol–water partition coefficient (Wildman–Crippen LogP) is 8.11. The largest absolute Gasteiger partial charge is 0.494 e. The number of hydrogen-bond acceptors (Lipinski definition) is 5. The molecule has 236 valence electrons. The maximum atomic E-state index is 13.6. The van der Waals surface area contributed by atoms with Gasteiger partial charge in [-0.2, -0.15) is 0 Å². The van der Waals surface area contributed by atoms with E-state index in [9.17, 15) is 18.8 Å². The minimum atomic E-state index is -0.646. The number of ether oxygens (including phenoxy) is 1. The molecule has 3 amide bonds. The van der Waals surface area contributed by atoms with Gasteiger partial charge in [-0.25, -0.2) is 4.39 Å². The van der Waals surface area contributed by atoms with Crippen LogP contribution >= 0.6 is 11.8 Å². The molecule has 0 spiro atoms. The smallest absolute Gasteiger partial charge is 0.272 e. The lowest BCUT2D eigenvalue weighted by Gasteiger charge is -2.18. The highest BCUT2D eigenvalue weighted by molar-refractivity contribution is 8.00. The van der Waals surface area contributed by atoms with Gasteiger partial charge in [-0.3, -0.25) is 14.4 Å². The molecule has 1 atom stereocenters. The van der Waals surface area contributed by atoms with Crippen LogP contribution in [0.2, 0.25) is 0 Å². The van der Waals surface area contributed by atoms with E-state index in [1.165, 1.54) is 36.0 Å². The number of carbonyl (C=O) groups is 3. The predicted molar refractivity (Wildman–Crippen MR) is 185 cm³/mol. The summed E-state index contributed by atoms with van der Waals surface area (Å²) in [5.41, 5.74) is 2.86. The average molecular weight is 646 g/mol. The highest BCUT2D eigenvalue weighted by Crippen LogP contribution is 2.37. The third kappa shape index (κ3) is 9.42. The molecule has 9 heteroatoms. The third-order valence-electron chi connectivity index (χ3n) is 6.83. The van der Waals surface area contributed by atoms with E-state index in [0.717, 1.165) is 10.5 Å². The molecule has 5 aromatic carbocycles. The van der Waals surface area contributed by atoms with Gasteiger partial charge in [0.05, 0.1) is 6.61 Å². The lowest BCUT2D eigenvalue weighted by atomic mass is 10.1. The molecule has 1 unspecified atom stereocenters. The first-order chi connectivity index (χ1) is 22.9. The number of carbonyl (C=O) groups excluding carboxylic acids is 3. The fourth-order valence-electron chi connectivity index (χ4n) is 4.56. The maximum Gasteiger partial charge on any atom is 0.272 e. The lowest BCUT2D eigenvalue weighted by Crippen LogP contribution is -2.30. The molecule has 0 radical (unpaired) electrons. The highest BCUT2D eigenvalue weighted by atomic mass is 32.2. The molecule has 7 nitrogen and oxygen atoms in total. The first-order valence-electron chi connectivity index (χ1n) is 14.9. The van der Waals surface area contributed by atoms with Crippen molar-refractivity contribution in [3.8, 4) is 5.75 Å². The first-order valence-corrected chi connectivity index (χ1v) is 15.8. The molecule has 0 heterocycles. The summed E-state index contributed by atoms with van der Waals surface area (Å²) in [6.07, 6.45) is 1.59. The molecular weight excluding hydrogens is 614 g/mol. The number of halogens is 1. The maximum absolute atomic E-state index is 13.6. The van der Waals surface area contributed by atoms with Crippen LogP contribution in [0.3, 0.4) is 0 Å². The van der Waals surface area contributed by atoms with Gasteiger partial charge in [-0.1, -0.05) is 66.7 Å². The van der Waals surface area contributed by atoms with Gasteiger partial charge in [0.25, 0.3) is 11.8 Å². The van der Waals surface area contributed by atoms with E-state index in [1.54, 1.807) is 78.9 Å². The lowest BCUT2D eigenvalue weighted by molar-refractivity contribution is -0.116. The zero-order valence-electron chi connectivity index (χ0n) is 25.5. The topological polar surface area (TPSA) is 96.5 Å². The summed E-state index contributed by atoms with van der Waals surface area (Å²) in [7, 11) is 0. The second-order valence-corrected chi connectivity index (χ2v) is 11.4. The van der Waals surface area contributed by atoms with Crippen molar-refractivity contribution in [3.05, 3.63) is 162 Å². The van der Waals surface area contributed by atoms with Gasteiger partial charge in [0.15, 0.2) is 0 Å². The number of thioether (sulfide) groups is 1. The summed E-state index contributed by atoms with van der Waals surface area (Å²) < 4.78 is 18.9. The van der Waals surface area contributed by atoms with Crippen molar-refractivity contribution in [1.29, 1.82) is 0 Å². The standard InChI is InChI=1S/C38H32FN3O4S/c1-2-46-32-22-16-26(17-23-32)24-34(42-36(43)28-12-7-4-8-13-28)37(44)41-31-14-9-15-33(25-31)47-35(27-10-5-3-6-11-27)38(45)40-30-20-18-29(39)19-21-30/h3-25,35H,2H2,1H3,(H,40,45)(H,41,44)(H,42,43)/b34-24+. The van der Waals surface area contributed by atoms with Gasteiger partial charge in [0.1, 0.15) is 22.5 Å². The van der Waals surface area contributed by atoms with Crippen molar-refractivity contribution in [3.63, 3.8) is 0 Å². The van der Waals surface area contributed by atoms with Gasteiger partial charge in [0, 0.05) is 21.8 Å². The molecule has 47 heavy (non-hydrogen) atoms. The molecule has 5 rings (SSSR count). The average Bonchev–Trinajstić information content (AvgIpc) is 3.09. The Balaban J connectivity index is 1.37. The highest BCUT2D eigenvalue weighted by Gasteiger charge is 2.23. The molecule has 3 N–H and O–H groups in total. The number of benzene rings is 5. The Labute approximate surface area is 276 Å². The van der Waals surface area contributed by atoms with Crippen LogP contribution in [0.25, 0.3) is 6.08 Å². The summed E-state index contributed by atoms with van der Waals surface area (Å²) in [5.74, 6) is -0.947. The summed E-state index contributed by atoms with van der Waals surface area (Å²) >= 11 is 1.30. The Morgan fingerprint density at radius 1 is 0.766 bits per heavy atom. The van der Waals surface area contributed by atoms with Gasteiger partial charge in [-0.05, 0) is 90.9 Å². The molecule has 0 aliphatic rings. The van der Waals surface area contributed by atoms with E-state index in [4.69, 9.17) is 4.74 Å². The Hall–Kier alpha value is -5.67. The molecular formula is C38H32FN3O4S. The van der Waals surface area contributed by atoms with Crippen molar-refractivity contribution in [1.82, 2.24) is 5.32 Å². The Kier molecular flexibility index (Phi) is 11.2. The van der Waals surface area contributed by atoms with Crippen molar-refractivity contribution in [2.75, 3.05) is 17.2 Å². The monoisotopic (exact) mass is 645 g/mol. The SMILES string of the molecule is CCOc1ccc(/C=C(/NC(=O)c2ccccc2)C(=O)Nc2cccc(SC(C(=O)Nc3ccc(F)cc3)c3ccccc3)c2)cc1. The molecule has 5 aromatic rings. The third-order valence-corrected chi connectivity index (χ3v) is 8.08. The van der Waals surface area contributed by atoms with Crippen LogP contribution in [0.1, 0.15) is 33.7 Å².